The topological polar surface area (TPSA) is 40.7 Å². The Kier molecular flexibility index (Phi) is 3.44. The number of hydrogen-bond donors (Lipinski definition) is 2. The van der Waals surface area contributed by atoms with Crippen LogP contribution in [-0.2, 0) is 6.42 Å². The van der Waals surface area contributed by atoms with E-state index in [1.807, 2.05) is 0 Å². The molecule has 0 aliphatic rings. The Bertz CT molecular complexity index is 508. The van der Waals surface area contributed by atoms with Gasteiger partial charge in [0, 0.05) is 18.5 Å². The zero-order valence-corrected chi connectivity index (χ0v) is 12.0. The summed E-state index contributed by atoms with van der Waals surface area (Å²) in [5, 5.41) is 3.48. The number of H-pyrrole nitrogens is 1. The van der Waals surface area contributed by atoms with Crippen LogP contribution in [-0.4, -0.2) is 22.1 Å². The Morgan fingerprint density at radius 3 is 2.50 bits per heavy atom. The Labute approximate surface area is 109 Å². The van der Waals surface area contributed by atoms with Crippen molar-refractivity contribution in [3.05, 3.63) is 29.1 Å². The molecule has 0 unspecified atom stereocenters. The molecular formula is C15H23N3. The number of benzene rings is 1. The van der Waals surface area contributed by atoms with Gasteiger partial charge in [-0.1, -0.05) is 0 Å². The normalized spacial score (nSPS) is 12.3. The van der Waals surface area contributed by atoms with E-state index in [1.54, 1.807) is 0 Å². The maximum Gasteiger partial charge on any atom is 0.108 e. The molecule has 2 N–H and O–H groups in total. The fourth-order valence-corrected chi connectivity index (χ4v) is 2.00. The maximum absolute atomic E-state index is 4.64. The third-order valence-corrected chi connectivity index (χ3v) is 3.16. The minimum absolute atomic E-state index is 0.166. The van der Waals surface area contributed by atoms with Crippen molar-refractivity contribution in [2.75, 3.05) is 6.54 Å². The summed E-state index contributed by atoms with van der Waals surface area (Å²) in [4.78, 5) is 8.04. The highest BCUT2D eigenvalue weighted by Gasteiger charge is 2.09. The zero-order chi connectivity index (χ0) is 13.3. The molecule has 98 valence electrons. The van der Waals surface area contributed by atoms with Gasteiger partial charge in [0.05, 0.1) is 11.0 Å². The molecule has 0 bridgehead atoms. The van der Waals surface area contributed by atoms with Gasteiger partial charge in [0.1, 0.15) is 5.82 Å². The lowest BCUT2D eigenvalue weighted by Crippen LogP contribution is -2.37. The van der Waals surface area contributed by atoms with Crippen molar-refractivity contribution in [3.8, 4) is 0 Å². The number of fused-ring (bicyclic) bond motifs is 1. The van der Waals surface area contributed by atoms with E-state index in [0.29, 0.717) is 0 Å². The minimum atomic E-state index is 0.166. The van der Waals surface area contributed by atoms with E-state index in [1.165, 1.54) is 11.1 Å². The van der Waals surface area contributed by atoms with Crippen molar-refractivity contribution in [1.29, 1.82) is 0 Å². The van der Waals surface area contributed by atoms with Gasteiger partial charge < -0.3 is 10.3 Å². The Morgan fingerprint density at radius 2 is 1.83 bits per heavy atom. The van der Waals surface area contributed by atoms with Gasteiger partial charge in [-0.2, -0.15) is 0 Å². The Balaban J connectivity index is 2.11. The molecule has 1 aromatic carbocycles. The van der Waals surface area contributed by atoms with Crippen LogP contribution in [0.2, 0.25) is 0 Å². The summed E-state index contributed by atoms with van der Waals surface area (Å²) in [6, 6.07) is 4.33. The third-order valence-electron chi connectivity index (χ3n) is 3.16. The van der Waals surface area contributed by atoms with Gasteiger partial charge in [-0.05, 0) is 57.9 Å². The molecule has 0 atom stereocenters. The molecule has 1 aromatic heterocycles. The summed E-state index contributed by atoms with van der Waals surface area (Å²) in [5.74, 6) is 1.06. The molecular weight excluding hydrogens is 222 g/mol. The van der Waals surface area contributed by atoms with Gasteiger partial charge in [-0.3, -0.25) is 0 Å². The van der Waals surface area contributed by atoms with E-state index in [0.717, 1.165) is 29.8 Å². The summed E-state index contributed by atoms with van der Waals surface area (Å²) < 4.78 is 0. The molecule has 2 aromatic rings. The first-order valence-electron chi connectivity index (χ1n) is 6.56. The van der Waals surface area contributed by atoms with E-state index in [9.17, 15) is 0 Å². The van der Waals surface area contributed by atoms with Gasteiger partial charge in [0.15, 0.2) is 0 Å². The van der Waals surface area contributed by atoms with E-state index in [4.69, 9.17) is 0 Å². The van der Waals surface area contributed by atoms with Crippen molar-refractivity contribution in [2.24, 2.45) is 0 Å². The molecule has 0 aliphatic heterocycles. The fraction of sp³-hybridized carbons (Fsp3) is 0.533. The van der Waals surface area contributed by atoms with Crippen LogP contribution >= 0.6 is 0 Å². The van der Waals surface area contributed by atoms with E-state index < -0.39 is 0 Å². The molecule has 0 fully saturated rings. The Hall–Kier alpha value is -1.35. The smallest absolute Gasteiger partial charge is 0.108 e. The van der Waals surface area contributed by atoms with Crippen molar-refractivity contribution >= 4 is 11.0 Å². The molecule has 3 heteroatoms. The number of aromatic amines is 1. The van der Waals surface area contributed by atoms with Gasteiger partial charge in [-0.15, -0.1) is 0 Å². The SMILES string of the molecule is Cc1cc2nc(CCNC(C)(C)C)[nH]c2cc1C. The molecule has 0 saturated heterocycles. The molecule has 0 spiro atoms. The lowest BCUT2D eigenvalue weighted by atomic mass is 10.1. The maximum atomic E-state index is 4.64. The lowest BCUT2D eigenvalue weighted by molar-refractivity contribution is 0.428. The number of nitrogens with one attached hydrogen (secondary N) is 2. The van der Waals surface area contributed by atoms with Crippen LogP contribution in [0.3, 0.4) is 0 Å². The van der Waals surface area contributed by atoms with Crippen molar-refractivity contribution in [2.45, 2.75) is 46.6 Å². The third kappa shape index (κ3) is 3.10. The standard InChI is InChI=1S/C15H23N3/c1-10-8-12-13(9-11(10)2)18-14(17-12)6-7-16-15(3,4)5/h8-9,16H,6-7H2,1-5H3,(H,17,18). The first kappa shape index (κ1) is 13.1. The summed E-state index contributed by atoms with van der Waals surface area (Å²) in [6.45, 7) is 11.7. The summed E-state index contributed by atoms with van der Waals surface area (Å²) in [6.07, 6.45) is 0.935. The minimum Gasteiger partial charge on any atom is -0.342 e. The predicted molar refractivity (Wildman–Crippen MR) is 77.0 cm³/mol. The second-order valence-electron chi connectivity index (χ2n) is 6.06. The van der Waals surface area contributed by atoms with Crippen LogP contribution in [0.15, 0.2) is 12.1 Å². The van der Waals surface area contributed by atoms with Gasteiger partial charge in [0.25, 0.3) is 0 Å². The second-order valence-corrected chi connectivity index (χ2v) is 6.06. The molecule has 2 rings (SSSR count). The Morgan fingerprint density at radius 1 is 1.17 bits per heavy atom. The van der Waals surface area contributed by atoms with Crippen LogP contribution in [0.5, 0.6) is 0 Å². The first-order chi connectivity index (χ1) is 8.35. The van der Waals surface area contributed by atoms with Gasteiger partial charge >= 0.3 is 0 Å². The number of nitrogens with zero attached hydrogens (tertiary/aromatic N) is 1. The zero-order valence-electron chi connectivity index (χ0n) is 12.0. The summed E-state index contributed by atoms with van der Waals surface area (Å²) in [5.41, 5.74) is 4.99. The largest absolute Gasteiger partial charge is 0.342 e. The number of rotatable bonds is 3. The van der Waals surface area contributed by atoms with E-state index in [2.05, 4.69) is 62.0 Å². The molecule has 0 saturated carbocycles. The lowest BCUT2D eigenvalue weighted by Gasteiger charge is -2.19. The molecule has 18 heavy (non-hydrogen) atoms. The number of aromatic nitrogens is 2. The molecule has 0 aliphatic carbocycles. The average Bonchev–Trinajstić information content (AvgIpc) is 2.58. The van der Waals surface area contributed by atoms with E-state index >= 15 is 0 Å². The molecule has 0 amide bonds. The van der Waals surface area contributed by atoms with Gasteiger partial charge in [-0.25, -0.2) is 4.98 Å². The van der Waals surface area contributed by atoms with Crippen LogP contribution < -0.4 is 5.32 Å². The van der Waals surface area contributed by atoms with Crippen LogP contribution in [0, 0.1) is 13.8 Å². The van der Waals surface area contributed by atoms with Crippen molar-refractivity contribution < 1.29 is 0 Å². The summed E-state index contributed by atoms with van der Waals surface area (Å²) in [7, 11) is 0. The monoisotopic (exact) mass is 245 g/mol. The second kappa shape index (κ2) is 4.73. The highest BCUT2D eigenvalue weighted by molar-refractivity contribution is 5.77. The number of hydrogen-bond acceptors (Lipinski definition) is 2. The fourth-order valence-electron chi connectivity index (χ4n) is 2.00. The van der Waals surface area contributed by atoms with Crippen molar-refractivity contribution in [3.63, 3.8) is 0 Å². The quantitative estimate of drug-likeness (QED) is 0.872. The molecule has 0 radical (unpaired) electrons. The van der Waals surface area contributed by atoms with Gasteiger partial charge in [0.2, 0.25) is 0 Å². The number of imidazole rings is 1. The number of aryl methyl sites for hydroxylation is 2. The van der Waals surface area contributed by atoms with Crippen LogP contribution in [0.4, 0.5) is 0 Å². The van der Waals surface area contributed by atoms with Crippen LogP contribution in [0.25, 0.3) is 11.0 Å². The highest BCUT2D eigenvalue weighted by Crippen LogP contribution is 2.17. The molecule has 3 nitrogen and oxygen atoms in total. The predicted octanol–water partition coefficient (Wildman–Crippen LogP) is 3.11. The van der Waals surface area contributed by atoms with Crippen molar-refractivity contribution in [1.82, 2.24) is 15.3 Å². The molecule has 1 heterocycles. The average molecular weight is 245 g/mol. The first-order valence-corrected chi connectivity index (χ1v) is 6.56. The van der Waals surface area contributed by atoms with E-state index in [-0.39, 0.29) is 5.54 Å². The summed E-state index contributed by atoms with van der Waals surface area (Å²) >= 11 is 0. The van der Waals surface area contributed by atoms with Crippen LogP contribution in [0.1, 0.15) is 37.7 Å². The highest BCUT2D eigenvalue weighted by atomic mass is 15.0.